The summed E-state index contributed by atoms with van der Waals surface area (Å²) in [6.45, 7) is 0.544. The van der Waals surface area contributed by atoms with Crippen molar-refractivity contribution in [1.29, 1.82) is 0 Å². The fraction of sp³-hybridized carbons (Fsp3) is 0.0588. The summed E-state index contributed by atoms with van der Waals surface area (Å²) in [6, 6.07) is 11.1. The van der Waals surface area contributed by atoms with Crippen LogP contribution in [0.1, 0.15) is 15.9 Å². The molecule has 1 heterocycles. The Labute approximate surface area is 148 Å². The topological polar surface area (TPSA) is 101 Å². The molecule has 0 saturated heterocycles. The van der Waals surface area contributed by atoms with Crippen LogP contribution in [0.3, 0.4) is 0 Å². The number of benzene rings is 2. The molecule has 26 heavy (non-hydrogen) atoms. The summed E-state index contributed by atoms with van der Waals surface area (Å²) in [5.74, 6) is -2.58. The highest BCUT2D eigenvalue weighted by Gasteiger charge is 2.18. The Hall–Kier alpha value is -3.20. The fourth-order valence-electron chi connectivity index (χ4n) is 2.31. The lowest BCUT2D eigenvalue weighted by Crippen LogP contribution is -2.14. The molecule has 1 aromatic heterocycles. The van der Waals surface area contributed by atoms with Gasteiger partial charge in [-0.15, -0.1) is 0 Å². The first-order chi connectivity index (χ1) is 12.3. The fourth-order valence-corrected chi connectivity index (χ4v) is 3.38. The zero-order valence-corrected chi connectivity index (χ0v) is 14.1. The second kappa shape index (κ2) is 6.96. The smallest absolute Gasteiger partial charge is 0.338 e. The van der Waals surface area contributed by atoms with Crippen molar-refractivity contribution in [3.05, 3.63) is 77.9 Å². The molecule has 3 aromatic rings. The van der Waals surface area contributed by atoms with Crippen molar-refractivity contribution >= 4 is 21.7 Å². The van der Waals surface area contributed by atoms with Crippen LogP contribution in [0, 0.1) is 5.82 Å². The van der Waals surface area contributed by atoms with Gasteiger partial charge in [0.15, 0.2) is 0 Å². The molecular formula is C17H14FN3O4S. The van der Waals surface area contributed by atoms with E-state index in [4.69, 9.17) is 5.11 Å². The molecule has 0 atom stereocenters. The van der Waals surface area contributed by atoms with E-state index in [0.29, 0.717) is 18.3 Å². The molecule has 134 valence electrons. The van der Waals surface area contributed by atoms with Crippen molar-refractivity contribution < 1.29 is 22.7 Å². The van der Waals surface area contributed by atoms with Gasteiger partial charge in [-0.3, -0.25) is 9.40 Å². The van der Waals surface area contributed by atoms with E-state index in [9.17, 15) is 17.6 Å². The van der Waals surface area contributed by atoms with Crippen LogP contribution in [-0.4, -0.2) is 29.3 Å². The number of rotatable bonds is 6. The quantitative estimate of drug-likeness (QED) is 0.690. The van der Waals surface area contributed by atoms with Crippen LogP contribution >= 0.6 is 0 Å². The van der Waals surface area contributed by atoms with Crippen LogP contribution in [0.2, 0.25) is 0 Å². The Kier molecular flexibility index (Phi) is 4.72. The largest absolute Gasteiger partial charge is 0.478 e. The van der Waals surface area contributed by atoms with Gasteiger partial charge in [-0.25, -0.2) is 17.6 Å². The van der Waals surface area contributed by atoms with E-state index in [1.54, 1.807) is 41.2 Å². The molecule has 0 bridgehead atoms. The minimum Gasteiger partial charge on any atom is -0.478 e. The predicted octanol–water partition coefficient (Wildman–Crippen LogP) is 2.57. The summed E-state index contributed by atoms with van der Waals surface area (Å²) in [5.41, 5.74) is 0.636. The normalized spacial score (nSPS) is 11.3. The summed E-state index contributed by atoms with van der Waals surface area (Å²) >= 11 is 0. The second-order valence-corrected chi connectivity index (χ2v) is 7.14. The lowest BCUT2D eigenvalue weighted by Gasteiger charge is -2.10. The van der Waals surface area contributed by atoms with Crippen LogP contribution in [0.4, 0.5) is 10.1 Å². The first kappa shape index (κ1) is 17.6. The van der Waals surface area contributed by atoms with Crippen molar-refractivity contribution in [2.24, 2.45) is 0 Å². The maximum absolute atomic E-state index is 13.7. The van der Waals surface area contributed by atoms with Crippen molar-refractivity contribution in [3.8, 4) is 0 Å². The molecule has 0 radical (unpaired) electrons. The lowest BCUT2D eigenvalue weighted by atomic mass is 10.2. The third-order valence-electron chi connectivity index (χ3n) is 3.59. The molecule has 3 rings (SSSR count). The zero-order valence-electron chi connectivity index (χ0n) is 13.3. The standard InChI is InChI=1S/C17H14FN3O4S/c18-16-10-14(6-7-15(16)17(22)23)26(24,25)20-13-4-2-12(3-5-13)11-21-9-1-8-19-21/h1-10,20H,11H2,(H,22,23). The first-order valence-electron chi connectivity index (χ1n) is 7.47. The SMILES string of the molecule is O=C(O)c1ccc(S(=O)(=O)Nc2ccc(Cn3cccn3)cc2)cc1F. The molecule has 0 spiro atoms. The third-order valence-corrected chi connectivity index (χ3v) is 4.97. The van der Waals surface area contributed by atoms with Gasteiger partial charge >= 0.3 is 5.97 Å². The molecule has 7 nitrogen and oxygen atoms in total. The van der Waals surface area contributed by atoms with Crippen molar-refractivity contribution in [3.63, 3.8) is 0 Å². The summed E-state index contributed by atoms with van der Waals surface area (Å²) in [7, 11) is -4.04. The van der Waals surface area contributed by atoms with Gasteiger partial charge in [0.05, 0.1) is 17.0 Å². The van der Waals surface area contributed by atoms with Crippen LogP contribution in [-0.2, 0) is 16.6 Å². The van der Waals surface area contributed by atoms with Gasteiger partial charge < -0.3 is 5.11 Å². The number of aromatic nitrogens is 2. The number of carboxylic acids is 1. The Morgan fingerprint density at radius 3 is 2.50 bits per heavy atom. The predicted molar refractivity (Wildman–Crippen MR) is 91.9 cm³/mol. The second-order valence-electron chi connectivity index (χ2n) is 5.45. The minimum atomic E-state index is -4.04. The van der Waals surface area contributed by atoms with Gasteiger partial charge in [0.1, 0.15) is 5.82 Å². The number of halogens is 1. The molecule has 0 unspecified atom stereocenters. The zero-order chi connectivity index (χ0) is 18.7. The van der Waals surface area contributed by atoms with Gasteiger partial charge in [-0.2, -0.15) is 5.10 Å². The van der Waals surface area contributed by atoms with Crippen molar-refractivity contribution in [2.75, 3.05) is 4.72 Å². The van der Waals surface area contributed by atoms with E-state index in [1.165, 1.54) is 0 Å². The average molecular weight is 375 g/mol. The van der Waals surface area contributed by atoms with Crippen molar-refractivity contribution in [1.82, 2.24) is 9.78 Å². The summed E-state index contributed by atoms with van der Waals surface area (Å²) in [5, 5.41) is 12.9. The number of hydrogen-bond acceptors (Lipinski definition) is 4. The molecule has 2 aromatic carbocycles. The Morgan fingerprint density at radius 1 is 1.19 bits per heavy atom. The monoisotopic (exact) mass is 375 g/mol. The summed E-state index contributed by atoms with van der Waals surface area (Å²) < 4.78 is 42.5. The van der Waals surface area contributed by atoms with E-state index < -0.39 is 27.4 Å². The molecule has 2 N–H and O–H groups in total. The van der Waals surface area contributed by atoms with Gasteiger partial charge in [0.2, 0.25) is 0 Å². The lowest BCUT2D eigenvalue weighted by molar-refractivity contribution is 0.0691. The summed E-state index contributed by atoms with van der Waals surface area (Å²) in [6.07, 6.45) is 3.48. The van der Waals surface area contributed by atoms with E-state index in [0.717, 1.165) is 17.7 Å². The number of carboxylic acid groups (broad SMARTS) is 1. The summed E-state index contributed by atoms with van der Waals surface area (Å²) in [4.78, 5) is 10.4. The average Bonchev–Trinajstić information content (AvgIpc) is 3.09. The molecule has 0 fully saturated rings. The van der Waals surface area contributed by atoms with Crippen LogP contribution < -0.4 is 4.72 Å². The molecule has 0 aliphatic rings. The Bertz CT molecular complexity index is 1030. The molecule has 0 saturated carbocycles. The van der Waals surface area contributed by atoms with Gasteiger partial charge in [0, 0.05) is 18.1 Å². The molecular weight excluding hydrogens is 361 g/mol. The minimum absolute atomic E-state index is 0.303. The number of carbonyl (C=O) groups is 1. The number of nitrogens with zero attached hydrogens (tertiary/aromatic N) is 2. The van der Waals surface area contributed by atoms with Crippen LogP contribution in [0.15, 0.2) is 65.8 Å². The highest BCUT2D eigenvalue weighted by Crippen LogP contribution is 2.19. The maximum atomic E-state index is 13.7. The molecule has 9 heteroatoms. The number of hydrogen-bond donors (Lipinski definition) is 2. The van der Waals surface area contributed by atoms with E-state index >= 15 is 0 Å². The molecule has 0 aliphatic carbocycles. The highest BCUT2D eigenvalue weighted by atomic mass is 32.2. The number of nitrogens with one attached hydrogen (secondary N) is 1. The Balaban J connectivity index is 1.77. The molecule has 0 amide bonds. The van der Waals surface area contributed by atoms with Gasteiger partial charge in [-0.05, 0) is 42.0 Å². The number of aromatic carboxylic acids is 1. The number of anilines is 1. The van der Waals surface area contributed by atoms with Crippen LogP contribution in [0.25, 0.3) is 0 Å². The van der Waals surface area contributed by atoms with Crippen molar-refractivity contribution in [2.45, 2.75) is 11.4 Å². The van der Waals surface area contributed by atoms with Crippen LogP contribution in [0.5, 0.6) is 0 Å². The highest BCUT2D eigenvalue weighted by molar-refractivity contribution is 7.92. The Morgan fingerprint density at radius 2 is 1.92 bits per heavy atom. The van der Waals surface area contributed by atoms with Gasteiger partial charge in [0.25, 0.3) is 10.0 Å². The maximum Gasteiger partial charge on any atom is 0.338 e. The molecule has 0 aliphatic heterocycles. The van der Waals surface area contributed by atoms with E-state index in [2.05, 4.69) is 9.82 Å². The van der Waals surface area contributed by atoms with E-state index in [1.807, 2.05) is 6.20 Å². The number of sulfonamides is 1. The first-order valence-corrected chi connectivity index (χ1v) is 8.95. The van der Waals surface area contributed by atoms with E-state index in [-0.39, 0.29) is 4.90 Å². The van der Waals surface area contributed by atoms with Gasteiger partial charge in [-0.1, -0.05) is 12.1 Å². The third kappa shape index (κ3) is 3.89.